The van der Waals surface area contributed by atoms with Crippen molar-refractivity contribution in [1.82, 2.24) is 35.5 Å². The molecule has 3 heterocycles. The van der Waals surface area contributed by atoms with Crippen molar-refractivity contribution in [1.29, 1.82) is 0 Å². The van der Waals surface area contributed by atoms with Crippen LogP contribution in [0.2, 0.25) is 0 Å². The minimum absolute atomic E-state index is 0.0543. The smallest absolute Gasteiger partial charge is 0.406 e. The maximum atomic E-state index is 14.5. The molecule has 18 heteroatoms. The van der Waals surface area contributed by atoms with Crippen LogP contribution < -0.4 is 15.4 Å². The third-order valence-electron chi connectivity index (χ3n) is 5.03. The van der Waals surface area contributed by atoms with Crippen LogP contribution in [0.15, 0.2) is 36.0 Å². The van der Waals surface area contributed by atoms with E-state index in [1.165, 1.54) is 17.5 Å². The molecule has 3 aromatic heterocycles. The Balaban J connectivity index is 1.22. The van der Waals surface area contributed by atoms with Crippen molar-refractivity contribution in [3.8, 4) is 5.75 Å². The van der Waals surface area contributed by atoms with Crippen LogP contribution in [0.25, 0.3) is 0 Å². The van der Waals surface area contributed by atoms with Gasteiger partial charge in [-0.2, -0.15) is 0 Å². The van der Waals surface area contributed by atoms with E-state index in [9.17, 15) is 31.5 Å². The summed E-state index contributed by atoms with van der Waals surface area (Å²) in [5, 5.41) is 23.3. The van der Waals surface area contributed by atoms with Gasteiger partial charge < -0.3 is 15.4 Å². The van der Waals surface area contributed by atoms with Crippen molar-refractivity contribution in [3.05, 3.63) is 63.1 Å². The molecule has 212 valence electrons. The van der Waals surface area contributed by atoms with Gasteiger partial charge in [0.2, 0.25) is 11.0 Å². The quantitative estimate of drug-likeness (QED) is 0.234. The first-order valence-corrected chi connectivity index (χ1v) is 13.1. The van der Waals surface area contributed by atoms with Crippen molar-refractivity contribution in [2.24, 2.45) is 0 Å². The number of benzene rings is 1. The van der Waals surface area contributed by atoms with Crippen molar-refractivity contribution >= 4 is 39.6 Å². The number of hydrogen-bond acceptors (Lipinski definition) is 10. The summed E-state index contributed by atoms with van der Waals surface area (Å²) in [6.45, 7) is -0.671. The van der Waals surface area contributed by atoms with Gasteiger partial charge in [-0.1, -0.05) is 16.6 Å². The fourth-order valence-corrected chi connectivity index (χ4v) is 4.65. The van der Waals surface area contributed by atoms with Crippen LogP contribution in [0.5, 0.6) is 5.75 Å². The second-order valence-corrected chi connectivity index (χ2v) is 10.1. The number of alkyl halides is 4. The molecule has 4 rings (SSSR count). The monoisotopic (exact) mass is 602 g/mol. The van der Waals surface area contributed by atoms with E-state index in [1.54, 1.807) is 11.6 Å². The maximum Gasteiger partial charge on any atom is 0.573 e. The SMILES string of the molecule is O=C(Cc1nccs1)Nc1nnc(CCC(F)Cn2cc(C(=O)NCc3cc(OC(F)(F)F)ccc3F)nn2)s1. The van der Waals surface area contributed by atoms with Crippen molar-refractivity contribution in [2.45, 2.75) is 44.9 Å². The lowest BCUT2D eigenvalue weighted by Gasteiger charge is -2.11. The molecule has 0 aliphatic heterocycles. The van der Waals surface area contributed by atoms with E-state index in [0.717, 1.165) is 34.2 Å². The molecule has 1 aromatic carbocycles. The van der Waals surface area contributed by atoms with Gasteiger partial charge in [0, 0.05) is 30.1 Å². The summed E-state index contributed by atoms with van der Waals surface area (Å²) in [7, 11) is 0. The number of anilines is 1. The highest BCUT2D eigenvalue weighted by Crippen LogP contribution is 2.25. The minimum Gasteiger partial charge on any atom is -0.406 e. The van der Waals surface area contributed by atoms with Gasteiger partial charge >= 0.3 is 6.36 Å². The van der Waals surface area contributed by atoms with E-state index >= 15 is 0 Å². The molecular weight excluding hydrogens is 583 g/mol. The largest absolute Gasteiger partial charge is 0.573 e. The van der Waals surface area contributed by atoms with Crippen LogP contribution in [-0.2, 0) is 30.7 Å². The first-order chi connectivity index (χ1) is 19.0. The Kier molecular flexibility index (Phi) is 9.30. The molecule has 40 heavy (non-hydrogen) atoms. The number of aromatic nitrogens is 6. The van der Waals surface area contributed by atoms with Gasteiger partial charge in [0.15, 0.2) is 5.69 Å². The zero-order chi connectivity index (χ0) is 28.7. The van der Waals surface area contributed by atoms with Gasteiger partial charge in [-0.05, 0) is 24.6 Å². The van der Waals surface area contributed by atoms with Gasteiger partial charge in [0.25, 0.3) is 5.91 Å². The average molecular weight is 603 g/mol. The van der Waals surface area contributed by atoms with E-state index in [2.05, 4.69) is 40.9 Å². The summed E-state index contributed by atoms with van der Waals surface area (Å²) in [6, 6.07) is 2.40. The molecule has 2 N–H and O–H groups in total. The second kappa shape index (κ2) is 12.9. The van der Waals surface area contributed by atoms with Gasteiger partial charge in [0.05, 0.1) is 19.2 Å². The highest BCUT2D eigenvalue weighted by atomic mass is 32.1. The van der Waals surface area contributed by atoms with Gasteiger partial charge in [-0.15, -0.1) is 39.8 Å². The van der Waals surface area contributed by atoms with Gasteiger partial charge in [-0.25, -0.2) is 18.4 Å². The van der Waals surface area contributed by atoms with Crippen molar-refractivity contribution < 1.29 is 36.3 Å². The maximum absolute atomic E-state index is 14.5. The molecule has 0 saturated carbocycles. The standard InChI is InChI=1S/C22H19F5N8O3S2/c23-13(1-4-18-32-33-21(40-18)30-17(36)8-19-28-5-6-39-19)10-35-11-16(31-34-35)20(37)29-9-12-7-14(2-3-15(12)24)38-22(25,26)27/h2-3,5-7,11,13H,1,4,8-10H2,(H,29,37)(H,30,33,36). The summed E-state index contributed by atoms with van der Waals surface area (Å²) in [4.78, 5) is 28.4. The van der Waals surface area contributed by atoms with Crippen LogP contribution in [-0.4, -0.2) is 54.5 Å². The predicted octanol–water partition coefficient (Wildman–Crippen LogP) is 3.71. The van der Waals surface area contributed by atoms with Crippen molar-refractivity contribution in [3.63, 3.8) is 0 Å². The average Bonchev–Trinajstić information content (AvgIpc) is 3.65. The van der Waals surface area contributed by atoms with Crippen LogP contribution in [0.1, 0.15) is 32.5 Å². The van der Waals surface area contributed by atoms with E-state index in [4.69, 9.17) is 0 Å². The summed E-state index contributed by atoms with van der Waals surface area (Å²) in [5.74, 6) is -2.57. The molecule has 1 unspecified atom stereocenters. The Bertz CT molecular complexity index is 1440. The van der Waals surface area contributed by atoms with Crippen LogP contribution in [0.4, 0.5) is 27.1 Å². The summed E-state index contributed by atoms with van der Waals surface area (Å²) < 4.78 is 70.5. The number of ether oxygens (including phenoxy) is 1. The molecule has 0 radical (unpaired) electrons. The van der Waals surface area contributed by atoms with E-state index in [0.29, 0.717) is 15.1 Å². The van der Waals surface area contributed by atoms with E-state index in [-0.39, 0.29) is 43.0 Å². The molecule has 4 aromatic rings. The Morgan fingerprint density at radius 2 is 1.98 bits per heavy atom. The second-order valence-electron chi connectivity index (χ2n) is 8.10. The molecule has 0 saturated heterocycles. The molecule has 0 spiro atoms. The Labute approximate surface area is 230 Å². The molecular formula is C22H19F5N8O3S2. The molecule has 11 nitrogen and oxygen atoms in total. The van der Waals surface area contributed by atoms with Crippen LogP contribution >= 0.6 is 22.7 Å². The van der Waals surface area contributed by atoms with Gasteiger partial charge in [0.1, 0.15) is 27.8 Å². The fraction of sp³-hybridized carbons (Fsp3) is 0.318. The zero-order valence-electron chi connectivity index (χ0n) is 20.2. The number of thiazole rings is 1. The number of aryl methyl sites for hydroxylation is 1. The number of rotatable bonds is 12. The Hall–Kier alpha value is -4.06. The number of nitrogens with zero attached hydrogens (tertiary/aromatic N) is 6. The Morgan fingerprint density at radius 3 is 2.73 bits per heavy atom. The minimum atomic E-state index is -4.95. The van der Waals surface area contributed by atoms with Crippen molar-refractivity contribution in [2.75, 3.05) is 5.32 Å². The number of carbonyl (C=O) groups excluding carboxylic acids is 2. The normalized spacial score (nSPS) is 12.2. The summed E-state index contributed by atoms with van der Waals surface area (Å²) in [5.41, 5.74) is -0.442. The molecule has 2 amide bonds. The third-order valence-corrected chi connectivity index (χ3v) is 6.70. The predicted molar refractivity (Wildman–Crippen MR) is 132 cm³/mol. The highest BCUT2D eigenvalue weighted by molar-refractivity contribution is 7.15. The lowest BCUT2D eigenvalue weighted by Crippen LogP contribution is -2.24. The van der Waals surface area contributed by atoms with E-state index in [1.807, 2.05) is 0 Å². The summed E-state index contributed by atoms with van der Waals surface area (Å²) in [6.07, 6.45) is -3.14. The molecule has 1 atom stereocenters. The molecule has 0 aliphatic rings. The summed E-state index contributed by atoms with van der Waals surface area (Å²) >= 11 is 2.48. The van der Waals surface area contributed by atoms with Crippen LogP contribution in [0.3, 0.4) is 0 Å². The Morgan fingerprint density at radius 1 is 1.15 bits per heavy atom. The number of halogens is 5. The number of nitrogens with one attached hydrogen (secondary N) is 2. The first kappa shape index (κ1) is 28.9. The molecule has 0 aliphatic carbocycles. The van der Waals surface area contributed by atoms with Crippen LogP contribution in [0, 0.1) is 5.82 Å². The highest BCUT2D eigenvalue weighted by Gasteiger charge is 2.31. The lowest BCUT2D eigenvalue weighted by atomic mass is 10.2. The third kappa shape index (κ3) is 8.73. The number of hydrogen-bond donors (Lipinski definition) is 2. The van der Waals surface area contributed by atoms with E-state index < -0.39 is 36.6 Å². The lowest BCUT2D eigenvalue weighted by molar-refractivity contribution is -0.274. The topological polar surface area (TPSA) is 137 Å². The fourth-order valence-electron chi connectivity index (χ4n) is 3.26. The number of amides is 2. The van der Waals surface area contributed by atoms with Gasteiger partial charge in [-0.3, -0.25) is 9.59 Å². The molecule has 0 fully saturated rings. The molecule has 0 bridgehead atoms. The zero-order valence-corrected chi connectivity index (χ0v) is 21.8. The first-order valence-electron chi connectivity index (χ1n) is 11.4. The number of carbonyl (C=O) groups is 2.